The third-order valence-corrected chi connectivity index (χ3v) is 4.78. The molecule has 0 saturated heterocycles. The molecule has 0 radical (unpaired) electrons. The van der Waals surface area contributed by atoms with E-state index in [0.29, 0.717) is 0 Å². The molecule has 0 unspecified atom stereocenters. The Kier molecular flexibility index (Phi) is 4.47. The van der Waals surface area contributed by atoms with Gasteiger partial charge in [-0.2, -0.15) is 0 Å². The number of hydrogen-bond acceptors (Lipinski definition) is 2. The largest absolute Gasteiger partial charge is 0.327 e. The number of nitrogens with zero attached hydrogens (tertiary/aromatic N) is 3. The molecule has 0 amide bonds. The van der Waals surface area contributed by atoms with Gasteiger partial charge in [0.2, 0.25) is 0 Å². The molecule has 2 aromatic carbocycles. The van der Waals surface area contributed by atoms with Crippen LogP contribution in [0.15, 0.2) is 60.8 Å². The minimum absolute atomic E-state index is 0.952. The minimum atomic E-state index is 0.952. The fourth-order valence-electron chi connectivity index (χ4n) is 3.46. The summed E-state index contributed by atoms with van der Waals surface area (Å²) in [5.41, 5.74) is 4.65. The van der Waals surface area contributed by atoms with E-state index >= 15 is 0 Å². The molecule has 126 valence electrons. The lowest BCUT2D eigenvalue weighted by Crippen LogP contribution is -2.07. The first kappa shape index (κ1) is 15.8. The maximum atomic E-state index is 4.91. The van der Waals surface area contributed by atoms with Crippen LogP contribution in [0.1, 0.15) is 31.2 Å². The van der Waals surface area contributed by atoms with Crippen molar-refractivity contribution in [2.75, 3.05) is 0 Å². The van der Waals surface area contributed by atoms with Crippen LogP contribution >= 0.6 is 0 Å². The summed E-state index contributed by atoms with van der Waals surface area (Å²) in [6.07, 6.45) is 6.31. The van der Waals surface area contributed by atoms with Gasteiger partial charge in [0.1, 0.15) is 11.3 Å². The molecule has 4 rings (SSSR count). The standard InChI is InChI=1S/C22H23N3/c1-2-3-13-21-24-20-16-23-19-12-8-7-11-18(19)22(20)25(21)15-14-17-9-5-4-6-10-17/h4-12,16H,2-3,13-15H2,1H3. The molecule has 4 aromatic rings. The van der Waals surface area contributed by atoms with E-state index in [4.69, 9.17) is 4.98 Å². The second kappa shape index (κ2) is 7.06. The van der Waals surface area contributed by atoms with Crippen LogP contribution in [0.25, 0.3) is 21.9 Å². The highest BCUT2D eigenvalue weighted by molar-refractivity contribution is 6.02. The molecule has 0 spiro atoms. The molecule has 0 N–H and O–H groups in total. The van der Waals surface area contributed by atoms with Crippen molar-refractivity contribution in [1.82, 2.24) is 14.5 Å². The van der Waals surface area contributed by atoms with Crippen molar-refractivity contribution in [3.05, 3.63) is 72.2 Å². The lowest BCUT2D eigenvalue weighted by Gasteiger charge is -2.10. The predicted molar refractivity (Wildman–Crippen MR) is 104 cm³/mol. The summed E-state index contributed by atoms with van der Waals surface area (Å²) >= 11 is 0. The Morgan fingerprint density at radius 3 is 2.52 bits per heavy atom. The SMILES string of the molecule is CCCCc1nc2cnc3ccccc3c2n1CCc1ccccc1. The van der Waals surface area contributed by atoms with Gasteiger partial charge in [0, 0.05) is 18.4 Å². The van der Waals surface area contributed by atoms with E-state index in [2.05, 4.69) is 65.0 Å². The first-order chi connectivity index (χ1) is 12.4. The number of rotatable bonds is 6. The summed E-state index contributed by atoms with van der Waals surface area (Å²) in [5, 5.41) is 1.20. The highest BCUT2D eigenvalue weighted by atomic mass is 15.1. The Morgan fingerprint density at radius 2 is 1.68 bits per heavy atom. The molecule has 0 fully saturated rings. The average molecular weight is 329 g/mol. The molecular formula is C22H23N3. The average Bonchev–Trinajstić information content (AvgIpc) is 3.03. The number of unbranched alkanes of at least 4 members (excludes halogenated alkanes) is 1. The maximum absolute atomic E-state index is 4.91. The lowest BCUT2D eigenvalue weighted by atomic mass is 10.1. The summed E-state index contributed by atoms with van der Waals surface area (Å²) in [5.74, 6) is 1.19. The number of pyridine rings is 1. The normalized spacial score (nSPS) is 11.4. The molecule has 2 aromatic heterocycles. The minimum Gasteiger partial charge on any atom is -0.327 e. The van der Waals surface area contributed by atoms with Crippen LogP contribution < -0.4 is 0 Å². The molecule has 0 aliphatic rings. The van der Waals surface area contributed by atoms with Gasteiger partial charge in [-0.15, -0.1) is 0 Å². The zero-order valence-corrected chi connectivity index (χ0v) is 14.7. The Hall–Kier alpha value is -2.68. The fourth-order valence-corrected chi connectivity index (χ4v) is 3.46. The van der Waals surface area contributed by atoms with Crippen LogP contribution in [0.3, 0.4) is 0 Å². The highest BCUT2D eigenvalue weighted by Gasteiger charge is 2.14. The summed E-state index contributed by atoms with van der Waals surface area (Å²) in [6, 6.07) is 19.1. The van der Waals surface area contributed by atoms with Gasteiger partial charge in [-0.3, -0.25) is 4.98 Å². The Balaban J connectivity index is 1.81. The number of fused-ring (bicyclic) bond motifs is 3. The first-order valence-electron chi connectivity index (χ1n) is 9.13. The van der Waals surface area contributed by atoms with Crippen molar-refractivity contribution in [3.63, 3.8) is 0 Å². The molecule has 25 heavy (non-hydrogen) atoms. The molecular weight excluding hydrogens is 306 g/mol. The van der Waals surface area contributed by atoms with Crippen molar-refractivity contribution in [3.8, 4) is 0 Å². The maximum Gasteiger partial charge on any atom is 0.109 e. The summed E-state index contributed by atoms with van der Waals surface area (Å²) < 4.78 is 2.42. The van der Waals surface area contributed by atoms with Crippen LogP contribution in [0, 0.1) is 0 Å². The highest BCUT2D eigenvalue weighted by Crippen LogP contribution is 2.25. The van der Waals surface area contributed by atoms with E-state index in [0.717, 1.165) is 30.4 Å². The van der Waals surface area contributed by atoms with E-state index in [-0.39, 0.29) is 0 Å². The molecule has 0 bridgehead atoms. The van der Waals surface area contributed by atoms with Crippen LogP contribution in [-0.4, -0.2) is 14.5 Å². The topological polar surface area (TPSA) is 30.7 Å². The van der Waals surface area contributed by atoms with Gasteiger partial charge in [-0.05, 0) is 24.5 Å². The summed E-state index contributed by atoms with van der Waals surface area (Å²) in [7, 11) is 0. The van der Waals surface area contributed by atoms with Gasteiger partial charge in [0.25, 0.3) is 0 Å². The predicted octanol–water partition coefficient (Wildman–Crippen LogP) is 5.17. The smallest absolute Gasteiger partial charge is 0.109 e. The molecule has 0 aliphatic carbocycles. The zero-order chi connectivity index (χ0) is 17.1. The van der Waals surface area contributed by atoms with E-state index in [9.17, 15) is 0 Å². The quantitative estimate of drug-likeness (QED) is 0.488. The molecule has 0 atom stereocenters. The zero-order valence-electron chi connectivity index (χ0n) is 14.7. The van der Waals surface area contributed by atoms with Crippen molar-refractivity contribution in [1.29, 1.82) is 0 Å². The lowest BCUT2D eigenvalue weighted by molar-refractivity contribution is 0.645. The second-order valence-electron chi connectivity index (χ2n) is 6.53. The Morgan fingerprint density at radius 1 is 0.880 bits per heavy atom. The van der Waals surface area contributed by atoms with Crippen molar-refractivity contribution < 1.29 is 0 Å². The van der Waals surface area contributed by atoms with Crippen LogP contribution in [0.4, 0.5) is 0 Å². The van der Waals surface area contributed by atoms with Gasteiger partial charge >= 0.3 is 0 Å². The van der Waals surface area contributed by atoms with E-state index in [1.165, 1.54) is 35.1 Å². The summed E-state index contributed by atoms with van der Waals surface area (Å²) in [4.78, 5) is 9.50. The van der Waals surface area contributed by atoms with Crippen LogP contribution in [0.5, 0.6) is 0 Å². The van der Waals surface area contributed by atoms with Gasteiger partial charge < -0.3 is 4.57 Å². The van der Waals surface area contributed by atoms with Crippen molar-refractivity contribution in [2.45, 2.75) is 39.2 Å². The van der Waals surface area contributed by atoms with Gasteiger partial charge in [-0.1, -0.05) is 61.9 Å². The monoisotopic (exact) mass is 329 g/mol. The van der Waals surface area contributed by atoms with E-state index in [1.54, 1.807) is 0 Å². The summed E-state index contributed by atoms with van der Waals surface area (Å²) in [6.45, 7) is 3.18. The van der Waals surface area contributed by atoms with Crippen LogP contribution in [0.2, 0.25) is 0 Å². The second-order valence-corrected chi connectivity index (χ2v) is 6.53. The Bertz CT molecular complexity index is 986. The number of imidazole rings is 1. The van der Waals surface area contributed by atoms with Crippen LogP contribution in [-0.2, 0) is 19.4 Å². The molecule has 0 aliphatic heterocycles. The van der Waals surface area contributed by atoms with Crippen molar-refractivity contribution in [2.24, 2.45) is 0 Å². The number of para-hydroxylation sites is 1. The van der Waals surface area contributed by atoms with E-state index < -0.39 is 0 Å². The van der Waals surface area contributed by atoms with Gasteiger partial charge in [-0.25, -0.2) is 4.98 Å². The first-order valence-corrected chi connectivity index (χ1v) is 9.13. The Labute approximate surface area is 148 Å². The molecule has 0 saturated carbocycles. The number of benzene rings is 2. The van der Waals surface area contributed by atoms with Gasteiger partial charge in [0.05, 0.1) is 17.2 Å². The number of hydrogen-bond donors (Lipinski definition) is 0. The third kappa shape index (κ3) is 3.14. The molecule has 3 nitrogen and oxygen atoms in total. The molecule has 3 heteroatoms. The van der Waals surface area contributed by atoms with E-state index in [1.807, 2.05) is 12.3 Å². The fraction of sp³-hybridized carbons (Fsp3) is 0.273. The third-order valence-electron chi connectivity index (χ3n) is 4.78. The number of aromatic nitrogens is 3. The molecule has 2 heterocycles. The van der Waals surface area contributed by atoms with Crippen molar-refractivity contribution >= 4 is 21.9 Å². The van der Waals surface area contributed by atoms with Gasteiger partial charge in [0.15, 0.2) is 0 Å². The number of aryl methyl sites for hydroxylation is 3.